The Morgan fingerprint density at radius 1 is 1.23 bits per heavy atom. The molecule has 1 heterocycles. The minimum Gasteiger partial charge on any atom is -0.469 e. The Labute approximate surface area is 157 Å². The summed E-state index contributed by atoms with van der Waals surface area (Å²) in [6.07, 6.45) is 11.5. The number of carbonyl (C=O) groups excluding carboxylic acids is 2. The number of hydrogen-bond donors (Lipinski definition) is 0. The highest BCUT2D eigenvalue weighted by molar-refractivity contribution is 6.00. The Bertz CT molecular complexity index is 479. The number of carbonyl (C=O) groups is 2. The Kier molecular flexibility index (Phi) is 9.16. The monoisotopic (exact) mass is 366 g/mol. The summed E-state index contributed by atoms with van der Waals surface area (Å²) < 4.78 is 16.9. The molecule has 2 rings (SSSR count). The van der Waals surface area contributed by atoms with Crippen molar-refractivity contribution >= 4 is 11.8 Å². The fraction of sp³-hybridized carbons (Fsp3) is 0.810. The number of unbranched alkanes of at least 4 members (excludes halogenated alkanes) is 4. The van der Waals surface area contributed by atoms with Crippen LogP contribution >= 0.6 is 0 Å². The van der Waals surface area contributed by atoms with Crippen LogP contribution < -0.4 is 0 Å². The Hall–Kier alpha value is -1.36. The molecule has 1 aliphatic carbocycles. The van der Waals surface area contributed by atoms with Crippen LogP contribution in [0, 0.1) is 11.8 Å². The van der Waals surface area contributed by atoms with Crippen molar-refractivity contribution in [1.29, 1.82) is 0 Å². The van der Waals surface area contributed by atoms with Crippen molar-refractivity contribution in [3.63, 3.8) is 0 Å². The third-order valence-electron chi connectivity index (χ3n) is 5.14. The SMILES string of the molecule is CCCCCCC=C(OC1CCCCO1)C1CC(=O)C(C(=O)OCC)C1. The van der Waals surface area contributed by atoms with Crippen LogP contribution in [0.15, 0.2) is 11.8 Å². The number of esters is 1. The summed E-state index contributed by atoms with van der Waals surface area (Å²) in [7, 11) is 0. The van der Waals surface area contributed by atoms with Gasteiger partial charge in [-0.05, 0) is 45.1 Å². The second-order valence-corrected chi connectivity index (χ2v) is 7.28. The van der Waals surface area contributed by atoms with Crippen molar-refractivity contribution in [3.8, 4) is 0 Å². The maximum Gasteiger partial charge on any atom is 0.316 e. The van der Waals surface area contributed by atoms with Gasteiger partial charge >= 0.3 is 5.97 Å². The molecule has 0 aromatic rings. The van der Waals surface area contributed by atoms with Gasteiger partial charge in [0.1, 0.15) is 11.7 Å². The maximum atomic E-state index is 12.3. The van der Waals surface area contributed by atoms with Crippen LogP contribution in [0.5, 0.6) is 0 Å². The molecule has 5 heteroatoms. The molecule has 3 unspecified atom stereocenters. The van der Waals surface area contributed by atoms with Gasteiger partial charge in [-0.15, -0.1) is 0 Å². The Morgan fingerprint density at radius 3 is 2.77 bits per heavy atom. The zero-order valence-corrected chi connectivity index (χ0v) is 16.3. The molecule has 1 saturated heterocycles. The van der Waals surface area contributed by atoms with Crippen LogP contribution in [0.1, 0.15) is 78.1 Å². The third kappa shape index (κ3) is 6.42. The zero-order chi connectivity index (χ0) is 18.8. The maximum absolute atomic E-state index is 12.3. The molecule has 0 aromatic carbocycles. The standard InChI is InChI=1S/C21H34O5/c1-3-5-6-7-8-11-19(26-20-12-9-10-13-25-20)16-14-17(18(22)15-16)21(23)24-4-2/h11,16-17,20H,3-10,12-15H2,1-2H3. The lowest BCUT2D eigenvalue weighted by atomic mass is 10.0. The molecule has 2 fully saturated rings. The molecule has 0 spiro atoms. The summed E-state index contributed by atoms with van der Waals surface area (Å²) in [5, 5.41) is 0. The molecule has 1 aliphatic heterocycles. The van der Waals surface area contributed by atoms with E-state index in [1.165, 1.54) is 19.3 Å². The molecule has 0 N–H and O–H groups in total. The van der Waals surface area contributed by atoms with E-state index in [-0.39, 0.29) is 18.0 Å². The molecule has 148 valence electrons. The van der Waals surface area contributed by atoms with E-state index in [4.69, 9.17) is 14.2 Å². The molecule has 0 aromatic heterocycles. The lowest BCUT2D eigenvalue weighted by Crippen LogP contribution is -2.24. The first-order valence-electron chi connectivity index (χ1n) is 10.3. The van der Waals surface area contributed by atoms with Crippen LogP contribution in [0.25, 0.3) is 0 Å². The first-order chi connectivity index (χ1) is 12.7. The summed E-state index contributed by atoms with van der Waals surface area (Å²) in [5.74, 6) is -0.254. The summed E-state index contributed by atoms with van der Waals surface area (Å²) in [5.41, 5.74) is 0. The highest BCUT2D eigenvalue weighted by atomic mass is 16.7. The first-order valence-corrected chi connectivity index (χ1v) is 10.3. The van der Waals surface area contributed by atoms with Crippen LogP contribution in [0.4, 0.5) is 0 Å². The molecule has 1 saturated carbocycles. The van der Waals surface area contributed by atoms with E-state index in [0.717, 1.165) is 44.5 Å². The van der Waals surface area contributed by atoms with Crippen LogP contribution in [-0.4, -0.2) is 31.3 Å². The van der Waals surface area contributed by atoms with E-state index in [1.54, 1.807) is 6.92 Å². The quantitative estimate of drug-likeness (QED) is 0.246. The molecule has 0 radical (unpaired) electrons. The van der Waals surface area contributed by atoms with Gasteiger partial charge in [0, 0.05) is 18.8 Å². The van der Waals surface area contributed by atoms with Crippen molar-refractivity contribution in [2.75, 3.05) is 13.2 Å². The number of ether oxygens (including phenoxy) is 3. The van der Waals surface area contributed by atoms with Crippen LogP contribution in [0.3, 0.4) is 0 Å². The molecule has 3 atom stereocenters. The van der Waals surface area contributed by atoms with E-state index in [1.807, 2.05) is 0 Å². The summed E-state index contributed by atoms with van der Waals surface area (Å²) in [6.45, 7) is 4.99. The molecular weight excluding hydrogens is 332 g/mol. The van der Waals surface area contributed by atoms with E-state index >= 15 is 0 Å². The lowest BCUT2D eigenvalue weighted by Gasteiger charge is -2.27. The molecule has 26 heavy (non-hydrogen) atoms. The smallest absolute Gasteiger partial charge is 0.316 e. The van der Waals surface area contributed by atoms with E-state index in [0.29, 0.717) is 19.4 Å². The Balaban J connectivity index is 1.98. The van der Waals surface area contributed by atoms with Gasteiger partial charge in [0.25, 0.3) is 0 Å². The lowest BCUT2D eigenvalue weighted by molar-refractivity contribution is -0.150. The predicted octanol–water partition coefficient (Wildman–Crippen LogP) is 4.54. The average Bonchev–Trinajstić information content (AvgIpc) is 3.03. The second kappa shape index (κ2) is 11.4. The molecular formula is C21H34O5. The highest BCUT2D eigenvalue weighted by Crippen LogP contribution is 2.36. The number of allylic oxidation sites excluding steroid dienone is 2. The summed E-state index contributed by atoms with van der Waals surface area (Å²) in [6, 6.07) is 0. The van der Waals surface area contributed by atoms with E-state index < -0.39 is 11.9 Å². The number of ketones is 1. The zero-order valence-electron chi connectivity index (χ0n) is 16.3. The van der Waals surface area contributed by atoms with Crippen molar-refractivity contribution in [1.82, 2.24) is 0 Å². The van der Waals surface area contributed by atoms with E-state index in [9.17, 15) is 9.59 Å². The van der Waals surface area contributed by atoms with Gasteiger partial charge in [-0.1, -0.05) is 26.2 Å². The second-order valence-electron chi connectivity index (χ2n) is 7.28. The van der Waals surface area contributed by atoms with Crippen molar-refractivity contribution in [3.05, 3.63) is 11.8 Å². The summed E-state index contributed by atoms with van der Waals surface area (Å²) in [4.78, 5) is 24.3. The molecule has 0 bridgehead atoms. The predicted molar refractivity (Wildman–Crippen MR) is 99.4 cm³/mol. The van der Waals surface area contributed by atoms with Crippen molar-refractivity contribution in [2.24, 2.45) is 11.8 Å². The average molecular weight is 366 g/mol. The van der Waals surface area contributed by atoms with Gasteiger partial charge in [-0.3, -0.25) is 9.59 Å². The molecule has 5 nitrogen and oxygen atoms in total. The van der Waals surface area contributed by atoms with Gasteiger partial charge in [0.15, 0.2) is 6.29 Å². The van der Waals surface area contributed by atoms with Crippen molar-refractivity contribution in [2.45, 2.75) is 84.3 Å². The normalized spacial score (nSPS) is 26.8. The summed E-state index contributed by atoms with van der Waals surface area (Å²) >= 11 is 0. The van der Waals surface area contributed by atoms with Crippen molar-refractivity contribution < 1.29 is 23.8 Å². The topological polar surface area (TPSA) is 61.8 Å². The van der Waals surface area contributed by atoms with Crippen LogP contribution in [-0.2, 0) is 23.8 Å². The third-order valence-corrected chi connectivity index (χ3v) is 5.14. The number of rotatable bonds is 10. The van der Waals surface area contributed by atoms with Gasteiger partial charge < -0.3 is 14.2 Å². The largest absolute Gasteiger partial charge is 0.469 e. The minimum atomic E-state index is -0.640. The minimum absolute atomic E-state index is 0.0292. The van der Waals surface area contributed by atoms with Crippen LogP contribution in [0.2, 0.25) is 0 Å². The molecule has 2 aliphatic rings. The number of Topliss-reactive ketones (excluding diaryl/α,β-unsaturated/α-hetero) is 1. The molecule has 0 amide bonds. The first kappa shape index (κ1) is 20.9. The van der Waals surface area contributed by atoms with E-state index in [2.05, 4.69) is 13.0 Å². The van der Waals surface area contributed by atoms with Gasteiger partial charge in [0.2, 0.25) is 0 Å². The van der Waals surface area contributed by atoms with Gasteiger partial charge in [-0.2, -0.15) is 0 Å². The fourth-order valence-corrected chi connectivity index (χ4v) is 3.65. The van der Waals surface area contributed by atoms with Gasteiger partial charge in [0.05, 0.1) is 19.0 Å². The highest BCUT2D eigenvalue weighted by Gasteiger charge is 2.41. The van der Waals surface area contributed by atoms with Gasteiger partial charge in [-0.25, -0.2) is 0 Å². The number of hydrogen-bond acceptors (Lipinski definition) is 5. The fourth-order valence-electron chi connectivity index (χ4n) is 3.65. The Morgan fingerprint density at radius 2 is 2.08 bits per heavy atom.